The third kappa shape index (κ3) is 2.77. The molecule has 0 aliphatic carbocycles. The third-order valence-electron chi connectivity index (χ3n) is 4.83. The van der Waals surface area contributed by atoms with Gasteiger partial charge in [0.05, 0.1) is 12.0 Å². The number of carbonyl (C=O) groups is 2. The van der Waals surface area contributed by atoms with Crippen LogP contribution in [0.2, 0.25) is 0 Å². The highest BCUT2D eigenvalue weighted by Crippen LogP contribution is 2.40. The van der Waals surface area contributed by atoms with Crippen molar-refractivity contribution in [3.8, 4) is 0 Å². The molecule has 2 fully saturated rings. The van der Waals surface area contributed by atoms with Crippen LogP contribution in [0.15, 0.2) is 17.5 Å². The molecule has 3 atom stereocenters. The molecule has 6 heteroatoms. The highest BCUT2D eigenvalue weighted by atomic mass is 32.1. The van der Waals surface area contributed by atoms with Gasteiger partial charge in [-0.15, -0.1) is 11.3 Å². The maximum Gasteiger partial charge on any atom is 0.228 e. The normalized spacial score (nSPS) is 28.6. The zero-order chi connectivity index (χ0) is 15.7. The Morgan fingerprint density at radius 1 is 1.50 bits per heavy atom. The topological polar surface area (TPSA) is 52.7 Å². The Balaban J connectivity index is 1.75. The molecule has 1 N–H and O–H groups in total. The van der Waals surface area contributed by atoms with Crippen molar-refractivity contribution in [2.45, 2.75) is 18.9 Å². The SMILES string of the molecule is CNC[C@@H]1CCN(C(=O)[C@@H]2CC(=O)N(C)[C@H]2c2cccs2)C1. The molecule has 22 heavy (non-hydrogen) atoms. The van der Waals surface area contributed by atoms with Crippen LogP contribution < -0.4 is 5.32 Å². The predicted octanol–water partition coefficient (Wildman–Crippen LogP) is 1.34. The van der Waals surface area contributed by atoms with Crippen molar-refractivity contribution in [2.75, 3.05) is 33.7 Å². The van der Waals surface area contributed by atoms with Gasteiger partial charge in [0.25, 0.3) is 0 Å². The fourth-order valence-corrected chi connectivity index (χ4v) is 4.60. The highest BCUT2D eigenvalue weighted by Gasteiger charge is 2.45. The predicted molar refractivity (Wildman–Crippen MR) is 86.6 cm³/mol. The summed E-state index contributed by atoms with van der Waals surface area (Å²) in [5, 5.41) is 5.19. The summed E-state index contributed by atoms with van der Waals surface area (Å²) < 4.78 is 0. The van der Waals surface area contributed by atoms with Crippen molar-refractivity contribution in [3.63, 3.8) is 0 Å². The van der Waals surface area contributed by atoms with E-state index in [-0.39, 0.29) is 23.8 Å². The summed E-state index contributed by atoms with van der Waals surface area (Å²) in [6.07, 6.45) is 1.39. The minimum Gasteiger partial charge on any atom is -0.342 e. The molecule has 0 bridgehead atoms. The quantitative estimate of drug-likeness (QED) is 0.910. The Bertz CT molecular complexity index is 546. The molecule has 0 saturated carbocycles. The summed E-state index contributed by atoms with van der Waals surface area (Å²) in [6.45, 7) is 2.57. The monoisotopic (exact) mass is 321 g/mol. The van der Waals surface area contributed by atoms with Gasteiger partial charge < -0.3 is 15.1 Å². The minimum absolute atomic E-state index is 0.0720. The molecular weight excluding hydrogens is 298 g/mol. The van der Waals surface area contributed by atoms with Crippen LogP contribution in [-0.2, 0) is 9.59 Å². The van der Waals surface area contributed by atoms with E-state index in [0.717, 1.165) is 30.9 Å². The molecule has 2 saturated heterocycles. The van der Waals surface area contributed by atoms with Crippen LogP contribution in [0.25, 0.3) is 0 Å². The molecule has 120 valence electrons. The largest absolute Gasteiger partial charge is 0.342 e. The van der Waals surface area contributed by atoms with Gasteiger partial charge in [-0.05, 0) is 37.4 Å². The van der Waals surface area contributed by atoms with Crippen molar-refractivity contribution in [1.82, 2.24) is 15.1 Å². The maximum atomic E-state index is 12.9. The first-order valence-corrected chi connectivity index (χ1v) is 8.72. The van der Waals surface area contributed by atoms with Gasteiger partial charge in [0.2, 0.25) is 11.8 Å². The van der Waals surface area contributed by atoms with Crippen molar-refractivity contribution in [1.29, 1.82) is 0 Å². The number of rotatable bonds is 4. The molecule has 1 aromatic heterocycles. The molecule has 2 amide bonds. The average Bonchev–Trinajstić information content (AvgIpc) is 3.21. The number of carbonyl (C=O) groups excluding carboxylic acids is 2. The van der Waals surface area contributed by atoms with E-state index in [4.69, 9.17) is 0 Å². The molecular formula is C16H23N3O2S. The lowest BCUT2D eigenvalue weighted by molar-refractivity contribution is -0.135. The van der Waals surface area contributed by atoms with Crippen LogP contribution in [0.5, 0.6) is 0 Å². The Kier molecular flexibility index (Phi) is 4.49. The maximum absolute atomic E-state index is 12.9. The Labute approximate surface area is 135 Å². The van der Waals surface area contributed by atoms with E-state index >= 15 is 0 Å². The highest BCUT2D eigenvalue weighted by molar-refractivity contribution is 7.10. The van der Waals surface area contributed by atoms with Gasteiger partial charge in [0.1, 0.15) is 0 Å². The van der Waals surface area contributed by atoms with Crippen LogP contribution in [0, 0.1) is 11.8 Å². The van der Waals surface area contributed by atoms with Crippen LogP contribution in [0.4, 0.5) is 0 Å². The first-order valence-electron chi connectivity index (χ1n) is 7.84. The molecule has 0 radical (unpaired) electrons. The second-order valence-electron chi connectivity index (χ2n) is 6.27. The summed E-state index contributed by atoms with van der Waals surface area (Å²) in [5.41, 5.74) is 0. The summed E-state index contributed by atoms with van der Waals surface area (Å²) in [7, 11) is 3.76. The molecule has 2 aliphatic rings. The molecule has 2 aliphatic heterocycles. The number of thiophene rings is 1. The van der Waals surface area contributed by atoms with Crippen LogP contribution >= 0.6 is 11.3 Å². The van der Waals surface area contributed by atoms with E-state index in [1.165, 1.54) is 0 Å². The Morgan fingerprint density at radius 3 is 3.00 bits per heavy atom. The smallest absolute Gasteiger partial charge is 0.228 e. The molecule has 0 unspecified atom stereocenters. The summed E-state index contributed by atoms with van der Waals surface area (Å²) in [5.74, 6) is 0.519. The number of nitrogens with one attached hydrogen (secondary N) is 1. The lowest BCUT2D eigenvalue weighted by atomic mass is 9.97. The summed E-state index contributed by atoms with van der Waals surface area (Å²) in [6, 6.07) is 3.92. The van der Waals surface area contributed by atoms with Gasteiger partial charge in [-0.1, -0.05) is 6.07 Å². The lowest BCUT2D eigenvalue weighted by Gasteiger charge is -2.27. The van der Waals surface area contributed by atoms with E-state index in [0.29, 0.717) is 12.3 Å². The fraction of sp³-hybridized carbons (Fsp3) is 0.625. The van der Waals surface area contributed by atoms with E-state index in [1.54, 1.807) is 16.2 Å². The molecule has 1 aromatic rings. The summed E-state index contributed by atoms with van der Waals surface area (Å²) in [4.78, 5) is 29.9. The van der Waals surface area contributed by atoms with Gasteiger partial charge in [0, 0.05) is 31.4 Å². The standard InChI is InChI=1S/C16H23N3O2S/c1-17-9-11-5-6-19(10-11)16(21)12-8-14(20)18(2)15(12)13-4-3-7-22-13/h3-4,7,11-12,15,17H,5-6,8-10H2,1-2H3/t11-,12+,15+/m0/s1. The average molecular weight is 321 g/mol. The number of hydrogen-bond donors (Lipinski definition) is 1. The fourth-order valence-electron chi connectivity index (χ4n) is 3.66. The van der Waals surface area contributed by atoms with Gasteiger partial charge in [-0.25, -0.2) is 0 Å². The molecule has 0 spiro atoms. The Hall–Kier alpha value is -1.40. The van der Waals surface area contributed by atoms with Crippen LogP contribution in [-0.4, -0.2) is 55.3 Å². The van der Waals surface area contributed by atoms with Gasteiger partial charge in [0.15, 0.2) is 0 Å². The molecule has 0 aromatic carbocycles. The second-order valence-corrected chi connectivity index (χ2v) is 7.25. The van der Waals surface area contributed by atoms with Gasteiger partial charge in [-0.2, -0.15) is 0 Å². The van der Waals surface area contributed by atoms with E-state index in [9.17, 15) is 9.59 Å². The Morgan fingerprint density at radius 2 is 2.32 bits per heavy atom. The third-order valence-corrected chi connectivity index (χ3v) is 5.77. The zero-order valence-corrected chi connectivity index (χ0v) is 13.9. The second kappa shape index (κ2) is 6.38. The number of likely N-dealkylation sites (tertiary alicyclic amines) is 2. The van der Waals surface area contributed by atoms with Gasteiger partial charge in [-0.3, -0.25) is 9.59 Å². The molecule has 3 rings (SSSR count). The first-order chi connectivity index (χ1) is 10.6. The summed E-state index contributed by atoms with van der Waals surface area (Å²) >= 11 is 1.62. The van der Waals surface area contributed by atoms with Crippen LogP contribution in [0.1, 0.15) is 23.8 Å². The van der Waals surface area contributed by atoms with Crippen molar-refractivity contribution >= 4 is 23.2 Å². The van der Waals surface area contributed by atoms with E-state index in [2.05, 4.69) is 5.32 Å². The number of hydrogen-bond acceptors (Lipinski definition) is 4. The van der Waals surface area contributed by atoms with E-state index < -0.39 is 0 Å². The number of amides is 2. The van der Waals surface area contributed by atoms with Crippen molar-refractivity contribution in [3.05, 3.63) is 22.4 Å². The zero-order valence-electron chi connectivity index (χ0n) is 13.1. The van der Waals surface area contributed by atoms with Crippen molar-refractivity contribution < 1.29 is 9.59 Å². The minimum atomic E-state index is -0.232. The molecule has 5 nitrogen and oxygen atoms in total. The molecule has 3 heterocycles. The van der Waals surface area contributed by atoms with Crippen LogP contribution in [0.3, 0.4) is 0 Å². The van der Waals surface area contributed by atoms with Crippen molar-refractivity contribution in [2.24, 2.45) is 11.8 Å². The lowest BCUT2D eigenvalue weighted by Crippen LogP contribution is -2.37. The van der Waals surface area contributed by atoms with E-state index in [1.807, 2.05) is 36.5 Å². The number of nitrogens with zero attached hydrogens (tertiary/aromatic N) is 2. The first kappa shape index (κ1) is 15.5. The van der Waals surface area contributed by atoms with Gasteiger partial charge >= 0.3 is 0 Å².